The lowest BCUT2D eigenvalue weighted by atomic mass is 9.60. The van der Waals surface area contributed by atoms with Crippen LogP contribution in [0.15, 0.2) is 110 Å². The van der Waals surface area contributed by atoms with Crippen LogP contribution in [0, 0.1) is 99.5 Å². The Bertz CT molecular complexity index is 7150. The fourth-order valence-electron chi connectivity index (χ4n) is 24.0. The van der Waals surface area contributed by atoms with E-state index in [-0.39, 0.29) is 94.2 Å². The molecule has 147 heavy (non-hydrogen) atoms. The summed E-state index contributed by atoms with van der Waals surface area (Å²) >= 11 is 6.04. The molecule has 9 aliphatic carbocycles. The lowest BCUT2D eigenvalue weighted by Gasteiger charge is -2.48. The standard InChI is InChI=1S/C23H26F2N6O.C22H26FN7O.C20H21ClFN5O.2C20H21FN6O/c24-16-11-17-21(29-30-22(17)26-12-16)23-27-13-18(25)19(28-23)9-14-4-3-5-15(8-14)10-20(32)31-6-1-2-7-31;23-17-13-25-22(19-16-7-4-8-24-20(16)29-28-19)27-21(17)26-15-6-3-5-14(11-15)12-18(31)30-9-1-2-10-30;1-11(28)20(2)6-4-3-5-12(20)7-16-15(22)10-24-19(25-16)17-14-8-13(21)9-23-18(14)27-26-17;2*1-10(28)15-11-4-6-12(7-5-11)16(15)24-19-14(21)9-23-20(25-19)17-13-3-2-8-22-18(13)27-26-17/h11-15H,1-10H2,(H,26,29,30);4,7-8,13-15H,1-3,5-6,9-12H2,(H,24,28,29)(H,25,26,27);8-10,12H,3-7H2,1-2H3,(H,23,26,27);2*2-3,8-9,11-12,15-16H,4-7H2,1H3,(H,22,26,27)(H,23,24,25)/t2*14-,15+;12-,20-;;/m011../s1. The average Bonchev–Trinajstić information content (AvgIpc) is 1.59. The van der Waals surface area contributed by atoms with Crippen molar-refractivity contribution >= 4 is 113 Å². The number of Topliss-reactive ketones (excluding diaryl/α,β-unsaturated/α-hetero) is 3. The molecule has 8 N–H and O–H groups in total. The third-order valence-corrected chi connectivity index (χ3v) is 31.9. The Morgan fingerprint density at radius 3 is 1.22 bits per heavy atom. The van der Waals surface area contributed by atoms with E-state index in [1.54, 1.807) is 57.6 Å². The number of carbonyl (C=O) groups is 5. The first kappa shape index (κ1) is 100. The van der Waals surface area contributed by atoms with E-state index in [9.17, 15) is 50.3 Å². The van der Waals surface area contributed by atoms with Crippen molar-refractivity contribution in [3.63, 3.8) is 0 Å². The zero-order chi connectivity index (χ0) is 102. The van der Waals surface area contributed by atoms with Crippen molar-refractivity contribution in [2.45, 2.75) is 226 Å². The SMILES string of the molecule is CC(=O)C1C2CCC(CC2)C1Nc1nc(-c2[nH]nc3ncccc23)ncc1F.CC(=O)C1C2CCC(CC2)C1Nc1nc(-c2[nH]nc3ncccc23)ncc1F.CC(=O)[C@@]1(C)CCCC[C@@H]1Cc1nc(-c2[nH]nc3ncc(Cl)cc23)ncc1F.O=C(C[C@@H]1CCC[C@H](Cc2nc(-c3[nH]nc4ncc(F)cc34)ncc2F)C1)N1CCCC1.O=C(C[C@@H]1CCC[C@H](Nc2nc(-c3[nH]nc4ncccc34)ncc2F)C1)N1CCCC1. The molecule has 15 aromatic rings. The van der Waals surface area contributed by atoms with Crippen LogP contribution in [0.4, 0.5) is 43.8 Å². The molecule has 10 atom stereocenters. The van der Waals surface area contributed by atoms with Crippen LogP contribution in [-0.2, 0) is 36.8 Å². The molecule has 11 aliphatic rings. The van der Waals surface area contributed by atoms with Gasteiger partial charge in [0.05, 0.1) is 64.4 Å². The molecule has 35 nitrogen and oxygen atoms in total. The van der Waals surface area contributed by atoms with Crippen LogP contribution in [0.1, 0.15) is 206 Å². The molecule has 42 heteroatoms. The maximum Gasteiger partial charge on any atom is 0.222 e. The van der Waals surface area contributed by atoms with E-state index in [2.05, 4.69) is 142 Å². The van der Waals surface area contributed by atoms with Crippen LogP contribution in [0.25, 0.3) is 113 Å². The van der Waals surface area contributed by atoms with Gasteiger partial charge in [-0.3, -0.25) is 49.5 Å². The van der Waals surface area contributed by atoms with E-state index in [0.29, 0.717) is 168 Å². The molecule has 4 bridgehead atoms. The van der Waals surface area contributed by atoms with Crippen molar-refractivity contribution in [1.29, 1.82) is 0 Å². The van der Waals surface area contributed by atoms with Gasteiger partial charge in [0.2, 0.25) is 11.8 Å². The Labute approximate surface area is 846 Å². The third-order valence-electron chi connectivity index (χ3n) is 31.7. The van der Waals surface area contributed by atoms with Crippen molar-refractivity contribution in [3.05, 3.63) is 162 Å². The number of carbonyl (C=O) groups excluding carboxylic acids is 5. The van der Waals surface area contributed by atoms with Gasteiger partial charge in [-0.15, -0.1) is 0 Å². The molecular weight excluding hydrogens is 1910 g/mol. The second kappa shape index (κ2) is 44.2. The van der Waals surface area contributed by atoms with Crippen molar-refractivity contribution in [3.8, 4) is 57.6 Å². The summed E-state index contributed by atoms with van der Waals surface area (Å²) < 4.78 is 86.3. The number of halogens is 7. The van der Waals surface area contributed by atoms with Crippen LogP contribution in [-0.4, -0.2) is 209 Å². The largest absolute Gasteiger partial charge is 0.365 e. The summed E-state index contributed by atoms with van der Waals surface area (Å²) in [6.45, 7) is 10.5. The van der Waals surface area contributed by atoms with Gasteiger partial charge in [-0.1, -0.05) is 50.6 Å². The van der Waals surface area contributed by atoms with E-state index in [4.69, 9.17) is 11.6 Å². The first-order valence-electron chi connectivity index (χ1n) is 51.2. The number of nitrogens with zero attached hydrogens (tertiary/aromatic N) is 22. The molecular formula is C105H115ClF6N30O5. The number of anilines is 3. The molecule has 11 fully saturated rings. The van der Waals surface area contributed by atoms with E-state index in [1.165, 1.54) is 24.7 Å². The highest BCUT2D eigenvalue weighted by Crippen LogP contribution is 2.50. The fourth-order valence-corrected chi connectivity index (χ4v) is 24.2. The summed E-state index contributed by atoms with van der Waals surface area (Å²) in [4.78, 5) is 129. The number of amides is 2. The topological polar surface area (TPSA) is 465 Å². The molecule has 0 radical (unpaired) electrons. The zero-order valence-electron chi connectivity index (χ0n) is 82.1. The van der Waals surface area contributed by atoms with Crippen LogP contribution < -0.4 is 16.0 Å². The van der Waals surface area contributed by atoms with Crippen molar-refractivity contribution in [2.24, 2.45) is 64.6 Å². The molecule has 2 amide bonds. The van der Waals surface area contributed by atoms with E-state index >= 15 is 0 Å². The maximum atomic E-state index is 14.6. The first-order chi connectivity index (χ1) is 71.3. The summed E-state index contributed by atoms with van der Waals surface area (Å²) in [7, 11) is 0. The van der Waals surface area contributed by atoms with Gasteiger partial charge in [-0.05, 0) is 251 Å². The van der Waals surface area contributed by atoms with Crippen LogP contribution >= 0.6 is 11.6 Å². The highest BCUT2D eigenvalue weighted by atomic mass is 35.5. The summed E-state index contributed by atoms with van der Waals surface area (Å²) in [5.74, 6) is 2.60. The Hall–Kier alpha value is -14.3. The molecule has 0 aromatic carbocycles. The number of ketones is 3. The number of pyridine rings is 5. The monoisotopic (exact) mass is 2020 g/mol. The van der Waals surface area contributed by atoms with E-state index < -0.39 is 40.3 Å². The lowest BCUT2D eigenvalue weighted by molar-refractivity contribution is -0.132. The number of rotatable bonds is 22. The fraction of sp³-hybridized carbons (Fsp3) is 0.476. The molecule has 4 unspecified atom stereocenters. The van der Waals surface area contributed by atoms with Gasteiger partial charge in [0.25, 0.3) is 0 Å². The molecule has 9 saturated carbocycles. The smallest absolute Gasteiger partial charge is 0.222 e. The summed E-state index contributed by atoms with van der Waals surface area (Å²) in [6.07, 6.45) is 40.2. The minimum atomic E-state index is -0.519. The van der Waals surface area contributed by atoms with Gasteiger partial charge in [-0.25, -0.2) is 101 Å². The normalized spacial score (nSPS) is 23.6. The van der Waals surface area contributed by atoms with Crippen molar-refractivity contribution in [2.75, 3.05) is 42.1 Å². The van der Waals surface area contributed by atoms with Gasteiger partial charge in [0, 0.05) is 115 Å². The zero-order valence-corrected chi connectivity index (χ0v) is 82.8. The summed E-state index contributed by atoms with van der Waals surface area (Å²) in [6, 6.07) is 14.0. The molecule has 2 saturated heterocycles. The van der Waals surface area contributed by atoms with Crippen molar-refractivity contribution < 1.29 is 50.3 Å². The number of likely N-dealkylation sites (tertiary alicyclic amines) is 2. The molecule has 2 aliphatic heterocycles. The second-order valence-corrected chi connectivity index (χ2v) is 41.4. The number of aromatic nitrogens is 25. The van der Waals surface area contributed by atoms with Gasteiger partial charge >= 0.3 is 0 Å². The quantitative estimate of drug-likeness (QED) is 0.0292. The van der Waals surface area contributed by atoms with Gasteiger partial charge in [0.15, 0.2) is 104 Å². The van der Waals surface area contributed by atoms with Gasteiger partial charge in [-0.2, -0.15) is 25.5 Å². The minimum Gasteiger partial charge on any atom is -0.365 e. The highest BCUT2D eigenvalue weighted by molar-refractivity contribution is 6.31. The Morgan fingerprint density at radius 1 is 0.388 bits per heavy atom. The Morgan fingerprint density at radius 2 is 0.769 bits per heavy atom. The van der Waals surface area contributed by atoms with Crippen molar-refractivity contribution in [1.82, 2.24) is 136 Å². The van der Waals surface area contributed by atoms with Gasteiger partial charge < -0.3 is 25.8 Å². The van der Waals surface area contributed by atoms with Crippen LogP contribution in [0.2, 0.25) is 5.02 Å². The first-order valence-corrected chi connectivity index (χ1v) is 51.6. The molecule has 26 rings (SSSR count). The minimum absolute atomic E-state index is 0.0608. The number of H-pyrrole nitrogens is 5. The Balaban J connectivity index is 0.000000112. The maximum absolute atomic E-state index is 14.6. The predicted octanol–water partition coefficient (Wildman–Crippen LogP) is 18.8. The second-order valence-electron chi connectivity index (χ2n) is 41.0. The molecule has 0 spiro atoms. The van der Waals surface area contributed by atoms with Gasteiger partial charge in [0.1, 0.15) is 51.6 Å². The molecule has 17 heterocycles. The van der Waals surface area contributed by atoms with E-state index in [0.717, 1.165) is 221 Å². The number of hydrogen-bond donors (Lipinski definition) is 8. The average molecular weight is 2030 g/mol. The van der Waals surface area contributed by atoms with E-state index in [1.807, 2.05) is 41.0 Å². The number of hydrogen-bond acceptors (Lipinski definition) is 28. The molecule has 764 valence electrons. The van der Waals surface area contributed by atoms with Crippen LogP contribution in [0.5, 0.6) is 0 Å². The Kier molecular flexibility index (Phi) is 30.1. The number of nitrogens with one attached hydrogen (secondary N) is 8. The highest BCUT2D eigenvalue weighted by Gasteiger charge is 2.49. The summed E-state index contributed by atoms with van der Waals surface area (Å²) in [5, 5.41) is 48.8. The number of fused-ring (bicyclic) bond motifs is 11. The third kappa shape index (κ3) is 22.1. The van der Waals surface area contributed by atoms with Crippen LogP contribution in [0.3, 0.4) is 0 Å². The summed E-state index contributed by atoms with van der Waals surface area (Å²) in [5.41, 5.74) is 5.53. The predicted molar refractivity (Wildman–Crippen MR) is 537 cm³/mol. The molecule has 15 aromatic heterocycles. The number of aromatic amines is 5. The lowest BCUT2D eigenvalue weighted by Crippen LogP contribution is -2.51.